The van der Waals surface area contributed by atoms with E-state index in [1.54, 1.807) is 0 Å². The molecular formula is C22H31N7. The second-order valence-electron chi connectivity index (χ2n) is 7.92. The summed E-state index contributed by atoms with van der Waals surface area (Å²) in [4.78, 5) is 15.9. The molecule has 0 bridgehead atoms. The quantitative estimate of drug-likeness (QED) is 0.530. The van der Waals surface area contributed by atoms with Gasteiger partial charge >= 0.3 is 0 Å². The third-order valence-corrected chi connectivity index (χ3v) is 4.71. The van der Waals surface area contributed by atoms with Gasteiger partial charge in [0.05, 0.1) is 5.52 Å². The minimum Gasteiger partial charge on any atom is -0.398 e. The van der Waals surface area contributed by atoms with Crippen LogP contribution in [0.15, 0.2) is 30.3 Å². The van der Waals surface area contributed by atoms with E-state index in [0.717, 1.165) is 58.9 Å². The Bertz CT molecular complexity index is 984. The van der Waals surface area contributed by atoms with Gasteiger partial charge in [-0.15, -0.1) is 0 Å². The average molecular weight is 394 g/mol. The molecule has 3 rings (SSSR count). The van der Waals surface area contributed by atoms with Crippen molar-refractivity contribution >= 4 is 34.0 Å². The molecule has 3 aromatic rings. The van der Waals surface area contributed by atoms with Gasteiger partial charge in [0.25, 0.3) is 0 Å². The number of hydrogen-bond donors (Lipinski definition) is 3. The molecule has 0 saturated carbocycles. The molecule has 1 aromatic carbocycles. The van der Waals surface area contributed by atoms with Crippen LogP contribution in [-0.2, 0) is 0 Å². The summed E-state index contributed by atoms with van der Waals surface area (Å²) in [7, 11) is 4.19. The topological polar surface area (TPSA) is 92.0 Å². The largest absolute Gasteiger partial charge is 0.398 e. The number of nitrogens with zero attached hydrogens (tertiary/aromatic N) is 4. The summed E-state index contributed by atoms with van der Waals surface area (Å²) in [5.41, 5.74) is 10.5. The van der Waals surface area contributed by atoms with Gasteiger partial charge in [-0.1, -0.05) is 0 Å². The highest BCUT2D eigenvalue weighted by Crippen LogP contribution is 2.26. The minimum atomic E-state index is 0.305. The second kappa shape index (κ2) is 9.05. The molecular weight excluding hydrogens is 362 g/mol. The molecule has 0 saturated heterocycles. The Hall–Kier alpha value is -2.93. The molecule has 2 heterocycles. The number of nitrogen functional groups attached to an aromatic ring is 1. The highest BCUT2D eigenvalue weighted by Gasteiger charge is 2.08. The van der Waals surface area contributed by atoms with Crippen LogP contribution in [0.2, 0.25) is 0 Å². The first-order valence-electron chi connectivity index (χ1n) is 10.0. The van der Waals surface area contributed by atoms with Crippen LogP contribution in [0.5, 0.6) is 0 Å². The van der Waals surface area contributed by atoms with Crippen LogP contribution in [0.3, 0.4) is 0 Å². The molecule has 0 aliphatic rings. The van der Waals surface area contributed by atoms with Crippen molar-refractivity contribution in [1.82, 2.24) is 19.9 Å². The first-order chi connectivity index (χ1) is 13.8. The second-order valence-corrected chi connectivity index (χ2v) is 7.92. The number of nitrogens with one attached hydrogen (secondary N) is 2. The van der Waals surface area contributed by atoms with Crippen LogP contribution < -0.4 is 16.4 Å². The van der Waals surface area contributed by atoms with E-state index in [-0.39, 0.29) is 0 Å². The summed E-state index contributed by atoms with van der Waals surface area (Å²) >= 11 is 0. The Morgan fingerprint density at radius 1 is 1.03 bits per heavy atom. The normalized spacial score (nSPS) is 12.3. The molecule has 1 atom stereocenters. The van der Waals surface area contributed by atoms with Gasteiger partial charge in [0, 0.05) is 40.3 Å². The van der Waals surface area contributed by atoms with Crippen LogP contribution in [0.25, 0.3) is 10.9 Å². The maximum absolute atomic E-state index is 6.17. The fourth-order valence-corrected chi connectivity index (χ4v) is 3.32. The smallest absolute Gasteiger partial charge is 0.225 e. The lowest BCUT2D eigenvalue weighted by molar-refractivity contribution is 0.389. The predicted octanol–water partition coefficient (Wildman–Crippen LogP) is 4.11. The fraction of sp³-hybridized carbons (Fsp3) is 0.409. The molecule has 7 heteroatoms. The SMILES string of the molecule is Cc1cc(Nc2ccc3nc(C)cc(N)c3c2)nc(NC(C)CCCN(C)C)n1. The molecule has 0 aliphatic heterocycles. The van der Waals surface area contributed by atoms with E-state index in [2.05, 4.69) is 51.5 Å². The summed E-state index contributed by atoms with van der Waals surface area (Å²) in [5.74, 6) is 1.39. The van der Waals surface area contributed by atoms with E-state index < -0.39 is 0 Å². The van der Waals surface area contributed by atoms with Crippen LogP contribution in [-0.4, -0.2) is 46.5 Å². The lowest BCUT2D eigenvalue weighted by Gasteiger charge is -2.16. The number of fused-ring (bicyclic) bond motifs is 1. The summed E-state index contributed by atoms with van der Waals surface area (Å²) in [6.07, 6.45) is 2.19. The molecule has 1 unspecified atom stereocenters. The standard InChI is InChI=1S/C22H31N7/c1-14(7-6-10-29(4)5)25-22-26-16(3)12-21(28-22)27-17-8-9-20-18(13-17)19(23)11-15(2)24-20/h8-9,11-14H,6-7,10H2,1-5H3,(H2,23,24)(H2,25,26,27,28). The summed E-state index contributed by atoms with van der Waals surface area (Å²) in [6.45, 7) is 7.16. The van der Waals surface area contributed by atoms with Crippen molar-refractivity contribution in [3.63, 3.8) is 0 Å². The lowest BCUT2D eigenvalue weighted by Crippen LogP contribution is -2.20. The number of anilines is 4. The lowest BCUT2D eigenvalue weighted by atomic mass is 10.1. The molecule has 0 amide bonds. The maximum Gasteiger partial charge on any atom is 0.225 e. The number of pyridine rings is 1. The molecule has 0 radical (unpaired) electrons. The number of rotatable bonds is 8. The van der Waals surface area contributed by atoms with Gasteiger partial charge in [0.1, 0.15) is 5.82 Å². The van der Waals surface area contributed by atoms with Crippen LogP contribution in [0, 0.1) is 13.8 Å². The zero-order valence-electron chi connectivity index (χ0n) is 18.0. The van der Waals surface area contributed by atoms with Gasteiger partial charge in [-0.3, -0.25) is 4.98 Å². The van der Waals surface area contributed by atoms with Gasteiger partial charge in [0.15, 0.2) is 0 Å². The van der Waals surface area contributed by atoms with Crippen molar-refractivity contribution in [1.29, 1.82) is 0 Å². The molecule has 7 nitrogen and oxygen atoms in total. The van der Waals surface area contributed by atoms with Gasteiger partial charge in [-0.05, 0) is 78.5 Å². The number of benzene rings is 1. The number of aromatic nitrogens is 3. The highest BCUT2D eigenvalue weighted by atomic mass is 15.2. The third kappa shape index (κ3) is 5.77. The Kier molecular flexibility index (Phi) is 6.49. The number of aryl methyl sites for hydroxylation is 2. The maximum atomic E-state index is 6.17. The van der Waals surface area contributed by atoms with E-state index in [0.29, 0.717) is 12.0 Å². The molecule has 0 aliphatic carbocycles. The Labute approximate surface area is 172 Å². The van der Waals surface area contributed by atoms with Gasteiger partial charge in [0.2, 0.25) is 5.95 Å². The first kappa shape index (κ1) is 20.8. The van der Waals surface area contributed by atoms with Gasteiger partial charge < -0.3 is 21.3 Å². The summed E-state index contributed by atoms with van der Waals surface area (Å²) < 4.78 is 0. The average Bonchev–Trinajstić information content (AvgIpc) is 2.61. The Morgan fingerprint density at radius 3 is 2.55 bits per heavy atom. The van der Waals surface area contributed by atoms with E-state index in [4.69, 9.17) is 5.73 Å². The van der Waals surface area contributed by atoms with E-state index in [9.17, 15) is 0 Å². The number of nitrogens with two attached hydrogens (primary N) is 1. The highest BCUT2D eigenvalue weighted by molar-refractivity contribution is 5.93. The van der Waals surface area contributed by atoms with Crippen LogP contribution in [0.1, 0.15) is 31.2 Å². The molecule has 29 heavy (non-hydrogen) atoms. The van der Waals surface area contributed by atoms with Gasteiger partial charge in [-0.2, -0.15) is 4.98 Å². The Balaban J connectivity index is 1.73. The molecule has 154 valence electrons. The van der Waals surface area contributed by atoms with Crippen LogP contribution >= 0.6 is 0 Å². The molecule has 2 aromatic heterocycles. The predicted molar refractivity (Wildman–Crippen MR) is 122 cm³/mol. The van der Waals surface area contributed by atoms with E-state index in [1.165, 1.54) is 0 Å². The van der Waals surface area contributed by atoms with E-state index in [1.807, 2.05) is 44.2 Å². The van der Waals surface area contributed by atoms with E-state index >= 15 is 0 Å². The minimum absolute atomic E-state index is 0.305. The summed E-state index contributed by atoms with van der Waals surface area (Å²) in [5, 5.41) is 7.72. The summed E-state index contributed by atoms with van der Waals surface area (Å²) in [6, 6.07) is 10.1. The molecule has 0 fully saturated rings. The number of hydrogen-bond acceptors (Lipinski definition) is 7. The third-order valence-electron chi connectivity index (χ3n) is 4.71. The van der Waals surface area contributed by atoms with Crippen molar-refractivity contribution < 1.29 is 0 Å². The monoisotopic (exact) mass is 393 g/mol. The Morgan fingerprint density at radius 2 is 1.79 bits per heavy atom. The van der Waals surface area contributed by atoms with Gasteiger partial charge in [-0.25, -0.2) is 4.98 Å². The zero-order valence-corrected chi connectivity index (χ0v) is 18.0. The van der Waals surface area contributed by atoms with Crippen molar-refractivity contribution in [3.05, 3.63) is 41.7 Å². The van der Waals surface area contributed by atoms with Crippen molar-refractivity contribution in [2.45, 2.75) is 39.7 Å². The first-order valence-corrected chi connectivity index (χ1v) is 10.0. The fourth-order valence-electron chi connectivity index (χ4n) is 3.32. The van der Waals surface area contributed by atoms with Crippen molar-refractivity contribution in [3.8, 4) is 0 Å². The molecule has 0 spiro atoms. The zero-order chi connectivity index (χ0) is 21.0. The van der Waals surface area contributed by atoms with Crippen molar-refractivity contribution in [2.75, 3.05) is 37.0 Å². The van der Waals surface area contributed by atoms with Crippen molar-refractivity contribution in [2.24, 2.45) is 0 Å². The molecule has 4 N–H and O–H groups in total. The van der Waals surface area contributed by atoms with Crippen LogP contribution in [0.4, 0.5) is 23.1 Å².